The third kappa shape index (κ3) is 3.71. The van der Waals surface area contributed by atoms with E-state index in [2.05, 4.69) is 0 Å². The minimum absolute atomic E-state index is 0.0876. The number of phenols is 2. The summed E-state index contributed by atoms with van der Waals surface area (Å²) in [5.41, 5.74) is 0.378. The van der Waals surface area contributed by atoms with Crippen molar-refractivity contribution in [1.82, 2.24) is 0 Å². The molecule has 0 aliphatic carbocycles. The summed E-state index contributed by atoms with van der Waals surface area (Å²) in [5, 5.41) is 31.8. The molecule has 8 heteroatoms. The number of aromatic hydroxyl groups is 2. The van der Waals surface area contributed by atoms with Crippen LogP contribution in [0, 0.1) is 0 Å². The topological polar surface area (TPSA) is 117 Å². The number of anilines is 1. The highest BCUT2D eigenvalue weighted by molar-refractivity contribution is 6.52. The minimum atomic E-state index is -1.12. The van der Waals surface area contributed by atoms with E-state index >= 15 is 0 Å². The van der Waals surface area contributed by atoms with Gasteiger partial charge in [-0.15, -0.1) is 0 Å². The van der Waals surface area contributed by atoms with Gasteiger partial charge in [0.1, 0.15) is 28.8 Å². The van der Waals surface area contributed by atoms with Crippen molar-refractivity contribution < 1.29 is 34.4 Å². The number of carbonyl (C=O) groups is 2. The normalized spacial score (nSPS) is 17.3. The smallest absolute Gasteiger partial charge is 0.300 e. The molecule has 1 fully saturated rings. The maximum absolute atomic E-state index is 13.2. The number of ether oxygens (including phenoxy) is 2. The summed E-state index contributed by atoms with van der Waals surface area (Å²) in [4.78, 5) is 27.5. The van der Waals surface area contributed by atoms with Crippen LogP contribution in [-0.4, -0.2) is 41.2 Å². The number of amides is 1. The fourth-order valence-electron chi connectivity index (χ4n) is 3.90. The molecule has 1 heterocycles. The lowest BCUT2D eigenvalue weighted by Gasteiger charge is -2.26. The van der Waals surface area contributed by atoms with Crippen LogP contribution in [0.5, 0.6) is 23.0 Å². The SMILES string of the molecule is COc1ccc(OC)c(/C(O)=C2\C(=O)C(=O)N(c3ccccc3O)C2c2cccc(O)c2)c1. The first kappa shape index (κ1) is 21.8. The molecule has 3 N–H and O–H groups in total. The van der Waals surface area contributed by atoms with Crippen molar-refractivity contribution in [3.63, 3.8) is 0 Å². The lowest BCUT2D eigenvalue weighted by molar-refractivity contribution is -0.132. The molecule has 8 nitrogen and oxygen atoms in total. The van der Waals surface area contributed by atoms with Gasteiger partial charge in [0.25, 0.3) is 11.7 Å². The van der Waals surface area contributed by atoms with E-state index in [9.17, 15) is 24.9 Å². The first-order chi connectivity index (χ1) is 15.9. The third-order valence-electron chi connectivity index (χ3n) is 5.43. The number of hydrogen-bond acceptors (Lipinski definition) is 7. The average Bonchev–Trinajstić information content (AvgIpc) is 3.09. The van der Waals surface area contributed by atoms with Crippen molar-refractivity contribution in [2.24, 2.45) is 0 Å². The number of aliphatic hydroxyl groups is 1. The second-order valence-electron chi connectivity index (χ2n) is 7.32. The van der Waals surface area contributed by atoms with Gasteiger partial charge in [-0.2, -0.15) is 0 Å². The highest BCUT2D eigenvalue weighted by Gasteiger charge is 2.48. The number of nitrogens with zero attached hydrogens (tertiary/aromatic N) is 1. The summed E-state index contributed by atoms with van der Waals surface area (Å²) < 4.78 is 10.6. The number of rotatable bonds is 5. The van der Waals surface area contributed by atoms with Crippen LogP contribution < -0.4 is 14.4 Å². The van der Waals surface area contributed by atoms with Crippen LogP contribution in [0.2, 0.25) is 0 Å². The Morgan fingerprint density at radius 3 is 2.33 bits per heavy atom. The number of carbonyl (C=O) groups excluding carboxylic acids is 2. The molecule has 0 bridgehead atoms. The molecule has 1 atom stereocenters. The molecular formula is C25H21NO7. The highest BCUT2D eigenvalue weighted by Crippen LogP contribution is 2.46. The Bertz CT molecular complexity index is 1280. The maximum Gasteiger partial charge on any atom is 0.300 e. The number of para-hydroxylation sites is 2. The predicted octanol–water partition coefficient (Wildman–Crippen LogP) is 3.74. The average molecular weight is 447 g/mol. The summed E-state index contributed by atoms with van der Waals surface area (Å²) in [6, 6.07) is 15.6. The van der Waals surface area contributed by atoms with Crippen molar-refractivity contribution in [2.45, 2.75) is 6.04 Å². The van der Waals surface area contributed by atoms with Crippen LogP contribution in [0.25, 0.3) is 5.76 Å². The van der Waals surface area contributed by atoms with Gasteiger partial charge in [0.05, 0.1) is 37.1 Å². The van der Waals surface area contributed by atoms with Gasteiger partial charge in [-0.3, -0.25) is 14.5 Å². The van der Waals surface area contributed by atoms with Crippen molar-refractivity contribution in [2.75, 3.05) is 19.1 Å². The van der Waals surface area contributed by atoms with Crippen LogP contribution in [0.4, 0.5) is 5.69 Å². The Balaban J connectivity index is 2.01. The Morgan fingerprint density at radius 1 is 0.909 bits per heavy atom. The van der Waals surface area contributed by atoms with Gasteiger partial charge in [-0.05, 0) is 48.0 Å². The molecule has 1 amide bonds. The second kappa shape index (κ2) is 8.58. The number of methoxy groups -OCH3 is 2. The molecule has 168 valence electrons. The maximum atomic E-state index is 13.2. The molecule has 0 aromatic heterocycles. The number of benzene rings is 3. The van der Waals surface area contributed by atoms with Gasteiger partial charge >= 0.3 is 0 Å². The third-order valence-corrected chi connectivity index (χ3v) is 5.43. The molecule has 3 aromatic carbocycles. The first-order valence-electron chi connectivity index (χ1n) is 9.97. The standard InChI is InChI=1S/C25H21NO7/c1-32-16-10-11-20(33-2)17(13-16)23(29)21-22(14-6-5-7-15(27)12-14)26(25(31)24(21)30)18-8-3-4-9-19(18)28/h3-13,22,27-29H,1-2H3/b23-21+. The second-order valence-corrected chi connectivity index (χ2v) is 7.32. The van der Waals surface area contributed by atoms with E-state index in [0.29, 0.717) is 11.3 Å². The van der Waals surface area contributed by atoms with E-state index in [1.807, 2.05) is 0 Å². The van der Waals surface area contributed by atoms with Gasteiger partial charge in [0.2, 0.25) is 0 Å². The highest BCUT2D eigenvalue weighted by atomic mass is 16.5. The molecule has 1 saturated heterocycles. The van der Waals surface area contributed by atoms with Crippen molar-refractivity contribution >= 4 is 23.1 Å². The van der Waals surface area contributed by atoms with Crippen molar-refractivity contribution in [1.29, 1.82) is 0 Å². The number of ketones is 1. The quantitative estimate of drug-likeness (QED) is 0.310. The largest absolute Gasteiger partial charge is 0.508 e. The molecule has 0 spiro atoms. The van der Waals surface area contributed by atoms with Gasteiger partial charge in [-0.1, -0.05) is 24.3 Å². The van der Waals surface area contributed by atoms with Gasteiger partial charge in [0, 0.05) is 0 Å². The Hall–Kier alpha value is -4.46. The van der Waals surface area contributed by atoms with E-state index in [4.69, 9.17) is 9.47 Å². The van der Waals surface area contributed by atoms with Crippen LogP contribution in [0.1, 0.15) is 17.2 Å². The lowest BCUT2D eigenvalue weighted by atomic mass is 9.94. The summed E-state index contributed by atoms with van der Waals surface area (Å²) >= 11 is 0. The summed E-state index contributed by atoms with van der Waals surface area (Å²) in [5.74, 6) is -2.01. The summed E-state index contributed by atoms with van der Waals surface area (Å²) in [6.07, 6.45) is 0. The van der Waals surface area contributed by atoms with Gasteiger partial charge in [0.15, 0.2) is 0 Å². The molecule has 1 aliphatic rings. The molecular weight excluding hydrogens is 426 g/mol. The molecule has 4 rings (SSSR count). The van der Waals surface area contributed by atoms with Gasteiger partial charge < -0.3 is 24.8 Å². The summed E-state index contributed by atoms with van der Waals surface area (Å²) in [7, 11) is 2.86. The van der Waals surface area contributed by atoms with Crippen LogP contribution >= 0.6 is 0 Å². The Labute approximate surface area is 189 Å². The minimum Gasteiger partial charge on any atom is -0.508 e. The fourth-order valence-corrected chi connectivity index (χ4v) is 3.90. The van der Waals surface area contributed by atoms with Crippen LogP contribution in [0.3, 0.4) is 0 Å². The van der Waals surface area contributed by atoms with Gasteiger partial charge in [-0.25, -0.2) is 0 Å². The van der Waals surface area contributed by atoms with E-state index < -0.39 is 23.5 Å². The lowest BCUT2D eigenvalue weighted by Crippen LogP contribution is -2.29. The number of Topliss-reactive ketones (excluding diaryl/α,β-unsaturated/α-hetero) is 1. The Kier molecular flexibility index (Phi) is 5.66. The van der Waals surface area contributed by atoms with Crippen molar-refractivity contribution in [3.05, 3.63) is 83.4 Å². The molecule has 0 saturated carbocycles. The zero-order valence-corrected chi connectivity index (χ0v) is 17.9. The van der Waals surface area contributed by atoms with Crippen LogP contribution in [-0.2, 0) is 9.59 Å². The molecule has 3 aromatic rings. The van der Waals surface area contributed by atoms with E-state index in [-0.39, 0.29) is 34.1 Å². The van der Waals surface area contributed by atoms with E-state index in [0.717, 1.165) is 4.90 Å². The molecule has 33 heavy (non-hydrogen) atoms. The van der Waals surface area contributed by atoms with E-state index in [1.54, 1.807) is 36.4 Å². The molecule has 1 unspecified atom stereocenters. The van der Waals surface area contributed by atoms with E-state index in [1.165, 1.54) is 44.6 Å². The first-order valence-corrected chi connectivity index (χ1v) is 9.97. The van der Waals surface area contributed by atoms with Crippen molar-refractivity contribution in [3.8, 4) is 23.0 Å². The van der Waals surface area contributed by atoms with Crippen LogP contribution in [0.15, 0.2) is 72.3 Å². The zero-order chi connectivity index (χ0) is 23.7. The monoisotopic (exact) mass is 447 g/mol. The predicted molar refractivity (Wildman–Crippen MR) is 121 cm³/mol. The number of phenolic OH excluding ortho intramolecular Hbond substituents is 2. The summed E-state index contributed by atoms with van der Waals surface area (Å²) in [6.45, 7) is 0. The molecule has 0 radical (unpaired) electrons. The number of hydrogen-bond donors (Lipinski definition) is 3. The molecule has 1 aliphatic heterocycles. The fraction of sp³-hybridized carbons (Fsp3) is 0.120. The Morgan fingerprint density at radius 2 is 1.67 bits per heavy atom. The zero-order valence-electron chi connectivity index (χ0n) is 17.9. The number of aliphatic hydroxyl groups excluding tert-OH is 1.